The van der Waals surface area contributed by atoms with Crippen LogP contribution >= 0.6 is 11.6 Å². The summed E-state index contributed by atoms with van der Waals surface area (Å²) in [5.41, 5.74) is 2.19. The summed E-state index contributed by atoms with van der Waals surface area (Å²) in [4.78, 5) is 10.6. The molecule has 0 aromatic heterocycles. The zero-order valence-electron chi connectivity index (χ0n) is 8.66. The Morgan fingerprint density at radius 3 is 3.00 bits per heavy atom. The van der Waals surface area contributed by atoms with Crippen LogP contribution in [0.25, 0.3) is 6.08 Å². The number of hydrogen-bond donors (Lipinski definition) is 1. The van der Waals surface area contributed by atoms with Crippen molar-refractivity contribution in [2.75, 3.05) is 6.54 Å². The summed E-state index contributed by atoms with van der Waals surface area (Å²) in [6.45, 7) is 2.06. The van der Waals surface area contributed by atoms with Gasteiger partial charge >= 0.3 is 0 Å². The Morgan fingerprint density at radius 2 is 2.33 bits per heavy atom. The van der Waals surface area contributed by atoms with Gasteiger partial charge in [-0.3, -0.25) is 4.79 Å². The van der Waals surface area contributed by atoms with Crippen LogP contribution in [0.1, 0.15) is 18.1 Å². The van der Waals surface area contributed by atoms with Crippen LogP contribution in [-0.4, -0.2) is 12.5 Å². The van der Waals surface area contributed by atoms with E-state index in [1.54, 1.807) is 0 Å². The average Bonchev–Trinajstić information content (AvgIpc) is 2.24. The maximum Gasteiger partial charge on any atom is 0.217 e. The molecular weight excluding hydrogens is 210 g/mol. The van der Waals surface area contributed by atoms with Crippen LogP contribution in [0, 0.1) is 0 Å². The maximum atomic E-state index is 10.6. The standard InChI is InChI=1S/C12H14ClNO/c1-10(15)14-7-3-6-11-4-2-5-12(8-11)9-13/h2-6,8H,7,9H2,1H3,(H,14,15). The van der Waals surface area contributed by atoms with E-state index in [0.29, 0.717) is 12.4 Å². The predicted molar refractivity (Wildman–Crippen MR) is 63.7 cm³/mol. The van der Waals surface area contributed by atoms with Gasteiger partial charge in [0.05, 0.1) is 0 Å². The van der Waals surface area contributed by atoms with Crippen LogP contribution in [0.4, 0.5) is 0 Å². The Hall–Kier alpha value is -1.28. The van der Waals surface area contributed by atoms with E-state index < -0.39 is 0 Å². The summed E-state index contributed by atoms with van der Waals surface area (Å²) in [7, 11) is 0. The molecular formula is C12H14ClNO. The number of amides is 1. The maximum absolute atomic E-state index is 10.6. The number of nitrogens with one attached hydrogen (secondary N) is 1. The molecule has 0 aliphatic heterocycles. The Balaban J connectivity index is 2.52. The smallest absolute Gasteiger partial charge is 0.217 e. The van der Waals surface area contributed by atoms with Gasteiger partial charge in [-0.25, -0.2) is 0 Å². The monoisotopic (exact) mass is 223 g/mol. The molecule has 1 aromatic rings. The topological polar surface area (TPSA) is 29.1 Å². The molecule has 1 N–H and O–H groups in total. The molecule has 0 aliphatic carbocycles. The molecule has 0 fully saturated rings. The van der Waals surface area contributed by atoms with Gasteiger partial charge in [-0.2, -0.15) is 0 Å². The number of benzene rings is 1. The molecule has 80 valence electrons. The summed E-state index contributed by atoms with van der Waals surface area (Å²) in [6, 6.07) is 7.98. The largest absolute Gasteiger partial charge is 0.353 e. The van der Waals surface area contributed by atoms with E-state index in [1.165, 1.54) is 6.92 Å². The molecule has 0 aliphatic rings. The van der Waals surface area contributed by atoms with Gasteiger partial charge in [-0.1, -0.05) is 36.4 Å². The van der Waals surface area contributed by atoms with Crippen molar-refractivity contribution in [2.45, 2.75) is 12.8 Å². The normalized spacial score (nSPS) is 10.5. The zero-order chi connectivity index (χ0) is 11.1. The number of alkyl halides is 1. The minimum Gasteiger partial charge on any atom is -0.353 e. The van der Waals surface area contributed by atoms with E-state index in [2.05, 4.69) is 5.32 Å². The third kappa shape index (κ3) is 4.66. The second-order valence-corrected chi connectivity index (χ2v) is 3.49. The number of hydrogen-bond acceptors (Lipinski definition) is 1. The summed E-state index contributed by atoms with van der Waals surface area (Å²) < 4.78 is 0. The van der Waals surface area contributed by atoms with Crippen molar-refractivity contribution in [1.29, 1.82) is 0 Å². The predicted octanol–water partition coefficient (Wildman–Crippen LogP) is 2.57. The van der Waals surface area contributed by atoms with Crippen LogP contribution in [0.3, 0.4) is 0 Å². The molecule has 0 heterocycles. The fourth-order valence-corrected chi connectivity index (χ4v) is 1.34. The number of carbonyl (C=O) groups excluding carboxylic acids is 1. The molecule has 15 heavy (non-hydrogen) atoms. The van der Waals surface area contributed by atoms with Gasteiger partial charge in [0.2, 0.25) is 5.91 Å². The van der Waals surface area contributed by atoms with E-state index >= 15 is 0 Å². The lowest BCUT2D eigenvalue weighted by molar-refractivity contribution is -0.118. The molecule has 1 rings (SSSR count). The second kappa shape index (κ2) is 6.25. The van der Waals surface area contributed by atoms with Gasteiger partial charge < -0.3 is 5.32 Å². The van der Waals surface area contributed by atoms with Crippen molar-refractivity contribution in [1.82, 2.24) is 5.32 Å². The van der Waals surface area contributed by atoms with Gasteiger partial charge in [-0.15, -0.1) is 11.6 Å². The van der Waals surface area contributed by atoms with E-state index in [9.17, 15) is 4.79 Å². The van der Waals surface area contributed by atoms with Crippen LogP contribution in [0.2, 0.25) is 0 Å². The Morgan fingerprint density at radius 1 is 1.53 bits per heavy atom. The molecule has 0 unspecified atom stereocenters. The zero-order valence-corrected chi connectivity index (χ0v) is 9.42. The quantitative estimate of drug-likeness (QED) is 0.782. The van der Waals surface area contributed by atoms with Crippen LogP contribution in [-0.2, 0) is 10.7 Å². The highest BCUT2D eigenvalue weighted by Gasteiger charge is 1.91. The van der Waals surface area contributed by atoms with Gasteiger partial charge in [0.1, 0.15) is 0 Å². The summed E-state index contributed by atoms with van der Waals surface area (Å²) >= 11 is 5.72. The molecule has 1 amide bonds. The Kier molecular flexibility index (Phi) is 4.91. The highest BCUT2D eigenvalue weighted by Crippen LogP contribution is 2.08. The van der Waals surface area contributed by atoms with E-state index in [4.69, 9.17) is 11.6 Å². The molecule has 0 spiro atoms. The Bertz CT molecular complexity index is 360. The van der Waals surface area contributed by atoms with Crippen molar-refractivity contribution in [3.8, 4) is 0 Å². The van der Waals surface area contributed by atoms with Crippen molar-refractivity contribution in [2.24, 2.45) is 0 Å². The van der Waals surface area contributed by atoms with Gasteiger partial charge in [0.15, 0.2) is 0 Å². The first-order valence-electron chi connectivity index (χ1n) is 4.78. The van der Waals surface area contributed by atoms with Gasteiger partial charge in [-0.05, 0) is 11.1 Å². The lowest BCUT2D eigenvalue weighted by atomic mass is 10.1. The first-order chi connectivity index (χ1) is 7.22. The minimum absolute atomic E-state index is 0.0193. The molecule has 0 radical (unpaired) electrons. The summed E-state index contributed by atoms with van der Waals surface area (Å²) in [5, 5.41) is 2.69. The van der Waals surface area contributed by atoms with Crippen molar-refractivity contribution >= 4 is 23.6 Å². The third-order valence-electron chi connectivity index (χ3n) is 1.88. The third-order valence-corrected chi connectivity index (χ3v) is 2.19. The van der Waals surface area contributed by atoms with Crippen LogP contribution < -0.4 is 5.32 Å². The molecule has 3 heteroatoms. The highest BCUT2D eigenvalue weighted by molar-refractivity contribution is 6.17. The van der Waals surface area contributed by atoms with E-state index in [1.807, 2.05) is 36.4 Å². The minimum atomic E-state index is -0.0193. The first kappa shape index (κ1) is 11.8. The van der Waals surface area contributed by atoms with Crippen molar-refractivity contribution in [3.63, 3.8) is 0 Å². The number of carbonyl (C=O) groups is 1. The van der Waals surface area contributed by atoms with Crippen molar-refractivity contribution < 1.29 is 4.79 Å². The first-order valence-corrected chi connectivity index (χ1v) is 5.31. The number of rotatable bonds is 4. The fraction of sp³-hybridized carbons (Fsp3) is 0.250. The summed E-state index contributed by atoms with van der Waals surface area (Å²) in [5.74, 6) is 0.502. The second-order valence-electron chi connectivity index (χ2n) is 3.22. The Labute approximate surface area is 94.9 Å². The van der Waals surface area contributed by atoms with Gasteiger partial charge in [0.25, 0.3) is 0 Å². The average molecular weight is 224 g/mol. The molecule has 0 atom stereocenters. The highest BCUT2D eigenvalue weighted by atomic mass is 35.5. The fourth-order valence-electron chi connectivity index (χ4n) is 1.18. The molecule has 2 nitrogen and oxygen atoms in total. The molecule has 0 bridgehead atoms. The number of halogens is 1. The van der Waals surface area contributed by atoms with Gasteiger partial charge in [0, 0.05) is 19.3 Å². The van der Waals surface area contributed by atoms with Crippen LogP contribution in [0.15, 0.2) is 30.3 Å². The molecule has 0 saturated carbocycles. The van der Waals surface area contributed by atoms with E-state index in [0.717, 1.165) is 11.1 Å². The molecule has 0 saturated heterocycles. The lowest BCUT2D eigenvalue weighted by Gasteiger charge is -1.98. The van der Waals surface area contributed by atoms with E-state index in [-0.39, 0.29) is 5.91 Å². The van der Waals surface area contributed by atoms with Crippen molar-refractivity contribution in [3.05, 3.63) is 41.5 Å². The van der Waals surface area contributed by atoms with Crippen LogP contribution in [0.5, 0.6) is 0 Å². The molecule has 1 aromatic carbocycles. The lowest BCUT2D eigenvalue weighted by Crippen LogP contribution is -2.19. The summed E-state index contributed by atoms with van der Waals surface area (Å²) in [6.07, 6.45) is 3.88. The SMILES string of the molecule is CC(=O)NCC=Cc1cccc(CCl)c1.